The Morgan fingerprint density at radius 2 is 1.82 bits per heavy atom. The summed E-state index contributed by atoms with van der Waals surface area (Å²) < 4.78 is 15.4. The Morgan fingerprint density at radius 1 is 1.07 bits per heavy atom. The van der Waals surface area contributed by atoms with Crippen molar-refractivity contribution in [2.24, 2.45) is 14.1 Å². The van der Waals surface area contributed by atoms with Crippen LogP contribution in [0, 0.1) is 0 Å². The Hall–Kier alpha value is -3.23. The van der Waals surface area contributed by atoms with E-state index in [2.05, 4.69) is 10.3 Å². The van der Waals surface area contributed by atoms with Crippen LogP contribution in [-0.4, -0.2) is 38.4 Å². The van der Waals surface area contributed by atoms with Gasteiger partial charge >= 0.3 is 5.69 Å². The van der Waals surface area contributed by atoms with Gasteiger partial charge in [-0.3, -0.25) is 13.9 Å². The van der Waals surface area contributed by atoms with Crippen molar-refractivity contribution in [3.8, 4) is 11.5 Å². The predicted molar refractivity (Wildman–Crippen MR) is 107 cm³/mol. The zero-order valence-electron chi connectivity index (χ0n) is 16.6. The van der Waals surface area contributed by atoms with E-state index in [0.717, 1.165) is 21.8 Å². The number of hydrogen-bond acceptors (Lipinski definition) is 6. The van der Waals surface area contributed by atoms with E-state index in [9.17, 15) is 9.59 Å². The molecule has 0 saturated heterocycles. The number of anilines is 1. The molecule has 0 bridgehead atoms. The minimum Gasteiger partial charge on any atom is -0.494 e. The maximum atomic E-state index is 12.5. The summed E-state index contributed by atoms with van der Waals surface area (Å²) in [4.78, 5) is 28.8. The average molecular weight is 387 g/mol. The minimum atomic E-state index is -0.394. The van der Waals surface area contributed by atoms with Crippen molar-refractivity contribution in [2.45, 2.75) is 20.4 Å². The van der Waals surface area contributed by atoms with Crippen LogP contribution in [0.5, 0.6) is 11.5 Å². The van der Waals surface area contributed by atoms with E-state index in [4.69, 9.17) is 9.47 Å². The Labute approximate surface area is 162 Å². The number of fused-ring (bicyclic) bond motifs is 1. The molecule has 0 aliphatic carbocycles. The summed E-state index contributed by atoms with van der Waals surface area (Å²) in [7, 11) is 3.07. The van der Waals surface area contributed by atoms with Crippen LogP contribution >= 0.6 is 0 Å². The SMILES string of the molecule is CCOc1ccc(OCC)c(NCCn2cnc3c2c(=O)n(C)c(=O)n3C)c1. The van der Waals surface area contributed by atoms with Gasteiger partial charge in [0, 0.05) is 33.3 Å². The van der Waals surface area contributed by atoms with E-state index in [1.807, 2.05) is 32.0 Å². The van der Waals surface area contributed by atoms with Crippen molar-refractivity contribution in [1.82, 2.24) is 18.7 Å². The molecule has 0 saturated carbocycles. The van der Waals surface area contributed by atoms with Crippen LogP contribution in [0.15, 0.2) is 34.1 Å². The van der Waals surface area contributed by atoms with Gasteiger partial charge in [0.25, 0.3) is 5.56 Å². The number of nitrogens with zero attached hydrogens (tertiary/aromatic N) is 4. The highest BCUT2D eigenvalue weighted by Gasteiger charge is 2.14. The molecule has 0 atom stereocenters. The average Bonchev–Trinajstić information content (AvgIpc) is 3.11. The highest BCUT2D eigenvalue weighted by molar-refractivity contribution is 5.70. The second kappa shape index (κ2) is 8.20. The molecule has 0 radical (unpaired) electrons. The van der Waals surface area contributed by atoms with Crippen molar-refractivity contribution in [3.05, 3.63) is 45.4 Å². The van der Waals surface area contributed by atoms with Crippen LogP contribution in [0.1, 0.15) is 13.8 Å². The van der Waals surface area contributed by atoms with Crippen molar-refractivity contribution in [1.29, 1.82) is 0 Å². The van der Waals surface area contributed by atoms with Gasteiger partial charge in [0.05, 0.1) is 25.2 Å². The molecule has 0 fully saturated rings. The van der Waals surface area contributed by atoms with Gasteiger partial charge in [-0.1, -0.05) is 0 Å². The molecule has 1 N–H and O–H groups in total. The zero-order chi connectivity index (χ0) is 20.3. The fraction of sp³-hybridized carbons (Fsp3) is 0.421. The van der Waals surface area contributed by atoms with Crippen LogP contribution in [0.3, 0.4) is 0 Å². The molecule has 0 amide bonds. The highest BCUT2D eigenvalue weighted by atomic mass is 16.5. The normalized spacial score (nSPS) is 11.0. The summed E-state index contributed by atoms with van der Waals surface area (Å²) in [6, 6.07) is 5.63. The van der Waals surface area contributed by atoms with Crippen LogP contribution in [0.25, 0.3) is 11.2 Å². The smallest absolute Gasteiger partial charge is 0.332 e. The summed E-state index contributed by atoms with van der Waals surface area (Å²) in [5.41, 5.74) is 0.845. The third-order valence-electron chi connectivity index (χ3n) is 4.45. The monoisotopic (exact) mass is 387 g/mol. The van der Waals surface area contributed by atoms with Gasteiger partial charge in [0.2, 0.25) is 0 Å². The zero-order valence-corrected chi connectivity index (χ0v) is 16.6. The largest absolute Gasteiger partial charge is 0.494 e. The van der Waals surface area contributed by atoms with Crippen molar-refractivity contribution in [2.75, 3.05) is 25.1 Å². The molecule has 3 aromatic rings. The predicted octanol–water partition coefficient (Wildman–Crippen LogP) is 1.34. The maximum absolute atomic E-state index is 12.5. The topological polar surface area (TPSA) is 92.3 Å². The van der Waals surface area contributed by atoms with E-state index < -0.39 is 5.69 Å². The Balaban J connectivity index is 1.83. The molecule has 2 aromatic heterocycles. The Kier molecular flexibility index (Phi) is 5.72. The number of aryl methyl sites for hydroxylation is 1. The molecule has 0 aliphatic heterocycles. The Bertz CT molecular complexity index is 1100. The first-order chi connectivity index (χ1) is 13.5. The van der Waals surface area contributed by atoms with Crippen molar-refractivity contribution in [3.63, 3.8) is 0 Å². The number of rotatable bonds is 8. The molecule has 0 spiro atoms. The summed E-state index contributed by atoms with van der Waals surface area (Å²) in [6.07, 6.45) is 1.58. The first kappa shape index (κ1) is 19.5. The van der Waals surface area contributed by atoms with Gasteiger partial charge in [-0.15, -0.1) is 0 Å². The lowest BCUT2D eigenvalue weighted by molar-refractivity contribution is 0.332. The number of nitrogens with one attached hydrogen (secondary N) is 1. The lowest BCUT2D eigenvalue weighted by Crippen LogP contribution is -2.37. The molecular formula is C19H25N5O4. The fourth-order valence-electron chi connectivity index (χ4n) is 3.06. The summed E-state index contributed by atoms with van der Waals surface area (Å²) >= 11 is 0. The van der Waals surface area contributed by atoms with Crippen LogP contribution in [0.2, 0.25) is 0 Å². The summed E-state index contributed by atoms with van der Waals surface area (Å²) in [5.74, 6) is 1.49. The number of hydrogen-bond donors (Lipinski definition) is 1. The minimum absolute atomic E-state index is 0.357. The quantitative estimate of drug-likeness (QED) is 0.627. The molecule has 3 rings (SSSR count). The lowest BCUT2D eigenvalue weighted by Gasteiger charge is -2.14. The summed E-state index contributed by atoms with van der Waals surface area (Å²) in [6.45, 7) is 6.02. The number of benzene rings is 1. The second-order valence-electron chi connectivity index (χ2n) is 6.27. The number of aromatic nitrogens is 4. The first-order valence-corrected chi connectivity index (χ1v) is 9.22. The molecule has 2 heterocycles. The molecule has 9 nitrogen and oxygen atoms in total. The van der Waals surface area contributed by atoms with Crippen LogP contribution in [-0.2, 0) is 20.6 Å². The highest BCUT2D eigenvalue weighted by Crippen LogP contribution is 2.29. The van der Waals surface area contributed by atoms with E-state index in [0.29, 0.717) is 37.5 Å². The van der Waals surface area contributed by atoms with Gasteiger partial charge in [-0.2, -0.15) is 0 Å². The number of ether oxygens (including phenoxy) is 2. The molecule has 1 aromatic carbocycles. The number of imidazole rings is 1. The van der Waals surface area contributed by atoms with E-state index in [-0.39, 0.29) is 5.56 Å². The third-order valence-corrected chi connectivity index (χ3v) is 4.45. The van der Waals surface area contributed by atoms with E-state index >= 15 is 0 Å². The van der Waals surface area contributed by atoms with Crippen LogP contribution in [0.4, 0.5) is 5.69 Å². The van der Waals surface area contributed by atoms with Crippen molar-refractivity contribution < 1.29 is 9.47 Å². The molecule has 9 heteroatoms. The van der Waals surface area contributed by atoms with Crippen LogP contribution < -0.4 is 26.0 Å². The third kappa shape index (κ3) is 3.60. The van der Waals surface area contributed by atoms with Crippen molar-refractivity contribution >= 4 is 16.9 Å². The molecule has 0 unspecified atom stereocenters. The molecule has 150 valence electrons. The van der Waals surface area contributed by atoms with Gasteiger partial charge < -0.3 is 19.4 Å². The van der Waals surface area contributed by atoms with Gasteiger partial charge in [-0.05, 0) is 26.0 Å². The van der Waals surface area contributed by atoms with E-state index in [1.54, 1.807) is 17.9 Å². The first-order valence-electron chi connectivity index (χ1n) is 9.22. The lowest BCUT2D eigenvalue weighted by atomic mass is 10.2. The molecule has 28 heavy (non-hydrogen) atoms. The Morgan fingerprint density at radius 3 is 2.54 bits per heavy atom. The standard InChI is InChI=1S/C19H25N5O4/c1-5-27-13-7-8-15(28-6-2)14(11-13)20-9-10-24-12-21-17-16(24)18(25)23(4)19(26)22(17)3/h7-8,11-12,20H,5-6,9-10H2,1-4H3. The maximum Gasteiger partial charge on any atom is 0.332 e. The van der Waals surface area contributed by atoms with E-state index in [1.165, 1.54) is 11.6 Å². The second-order valence-corrected chi connectivity index (χ2v) is 6.27. The fourth-order valence-corrected chi connectivity index (χ4v) is 3.06. The van der Waals surface area contributed by atoms with Gasteiger partial charge in [-0.25, -0.2) is 9.78 Å². The summed E-state index contributed by atoms with van der Waals surface area (Å²) in [5, 5.41) is 3.33. The molecular weight excluding hydrogens is 362 g/mol. The molecule has 0 aliphatic rings. The van der Waals surface area contributed by atoms with Gasteiger partial charge in [0.1, 0.15) is 11.5 Å². The van der Waals surface area contributed by atoms with Gasteiger partial charge in [0.15, 0.2) is 11.2 Å².